The molecule has 0 unspecified atom stereocenters. The lowest BCUT2D eigenvalue weighted by molar-refractivity contribution is -0.255. The second-order valence-corrected chi connectivity index (χ2v) is 3.72. The molecule has 0 saturated heterocycles. The molecule has 0 N–H and O–H groups in total. The molecular weight excluding hydrogens is 238 g/mol. The molecule has 0 bridgehead atoms. The number of nitrogens with zero attached hydrogens (tertiary/aromatic N) is 1. The van der Waals surface area contributed by atoms with Crippen LogP contribution in [0.2, 0.25) is 0 Å². The predicted octanol–water partition coefficient (Wildman–Crippen LogP) is 0.476. The number of benzene rings is 1. The van der Waals surface area contributed by atoms with E-state index in [9.17, 15) is 9.90 Å². The molecule has 0 aliphatic carbocycles. The summed E-state index contributed by atoms with van der Waals surface area (Å²) in [4.78, 5) is 10.6. The number of carbonyl (C=O) groups excluding carboxylic acids is 1. The minimum absolute atomic E-state index is 0.236. The van der Waals surface area contributed by atoms with Crippen molar-refractivity contribution in [3.8, 4) is 22.8 Å². The number of fused-ring (bicyclic) bond motifs is 1. The second-order valence-electron chi connectivity index (χ2n) is 3.72. The van der Waals surface area contributed by atoms with Crippen molar-refractivity contribution < 1.29 is 23.9 Å². The predicted molar refractivity (Wildman–Crippen MR) is 57.3 cm³/mol. The number of aromatic nitrogens is 1. The third kappa shape index (κ3) is 1.77. The Morgan fingerprint density at radius 2 is 1.94 bits per heavy atom. The van der Waals surface area contributed by atoms with Crippen LogP contribution in [0.1, 0.15) is 10.5 Å². The molecular formula is C12H8NO5-. The van der Waals surface area contributed by atoms with E-state index in [2.05, 4.69) is 5.16 Å². The number of hydrogen-bond acceptors (Lipinski definition) is 6. The summed E-state index contributed by atoms with van der Waals surface area (Å²) in [6.45, 7) is 1.00. The Hall–Kier alpha value is -2.50. The summed E-state index contributed by atoms with van der Waals surface area (Å²) in [7, 11) is 0. The summed E-state index contributed by atoms with van der Waals surface area (Å²) >= 11 is 0. The average molecular weight is 246 g/mol. The van der Waals surface area contributed by atoms with Gasteiger partial charge in [-0.2, -0.15) is 0 Å². The van der Waals surface area contributed by atoms with Gasteiger partial charge in [-0.1, -0.05) is 5.16 Å². The molecule has 2 aromatic rings. The van der Waals surface area contributed by atoms with E-state index >= 15 is 0 Å². The van der Waals surface area contributed by atoms with Gasteiger partial charge in [0.05, 0.1) is 5.97 Å². The highest BCUT2D eigenvalue weighted by Crippen LogP contribution is 2.34. The van der Waals surface area contributed by atoms with Gasteiger partial charge in [0.25, 0.3) is 0 Å². The van der Waals surface area contributed by atoms with Crippen molar-refractivity contribution in [1.29, 1.82) is 0 Å². The van der Waals surface area contributed by atoms with Gasteiger partial charge in [0, 0.05) is 11.6 Å². The van der Waals surface area contributed by atoms with Gasteiger partial charge in [0.1, 0.15) is 18.9 Å². The zero-order chi connectivity index (χ0) is 12.5. The Bertz CT molecular complexity index is 604. The van der Waals surface area contributed by atoms with Crippen LogP contribution in [0.5, 0.6) is 11.5 Å². The van der Waals surface area contributed by atoms with Crippen LogP contribution in [0.25, 0.3) is 11.3 Å². The molecule has 0 spiro atoms. The maximum atomic E-state index is 10.6. The summed E-state index contributed by atoms with van der Waals surface area (Å²) in [5.41, 5.74) is 0.430. The number of rotatable bonds is 2. The molecule has 0 radical (unpaired) electrons. The molecule has 1 aliphatic heterocycles. The molecule has 1 aromatic carbocycles. The Kier molecular flexibility index (Phi) is 2.40. The maximum absolute atomic E-state index is 10.6. The smallest absolute Gasteiger partial charge is 0.167 e. The first-order valence-corrected chi connectivity index (χ1v) is 5.32. The minimum Gasteiger partial charge on any atom is -0.543 e. The Balaban J connectivity index is 1.98. The van der Waals surface area contributed by atoms with Gasteiger partial charge in [-0.25, -0.2) is 0 Å². The van der Waals surface area contributed by atoms with Gasteiger partial charge in [-0.3, -0.25) is 0 Å². The van der Waals surface area contributed by atoms with Crippen molar-refractivity contribution in [2.24, 2.45) is 0 Å². The van der Waals surface area contributed by atoms with Crippen LogP contribution in [0, 0.1) is 0 Å². The summed E-state index contributed by atoms with van der Waals surface area (Å²) in [5, 5.41) is 14.0. The first-order valence-electron chi connectivity index (χ1n) is 5.32. The number of carboxylic acids is 1. The maximum Gasteiger partial charge on any atom is 0.167 e. The zero-order valence-corrected chi connectivity index (χ0v) is 9.21. The van der Waals surface area contributed by atoms with Crippen molar-refractivity contribution in [1.82, 2.24) is 5.16 Å². The highest BCUT2D eigenvalue weighted by atomic mass is 16.6. The van der Waals surface area contributed by atoms with Crippen molar-refractivity contribution in [2.75, 3.05) is 13.2 Å². The fraction of sp³-hybridized carbons (Fsp3) is 0.167. The van der Waals surface area contributed by atoms with Crippen molar-refractivity contribution >= 4 is 5.97 Å². The Labute approximate surface area is 102 Å². The quantitative estimate of drug-likeness (QED) is 0.766. The largest absolute Gasteiger partial charge is 0.543 e. The first-order chi connectivity index (χ1) is 8.74. The fourth-order valence-corrected chi connectivity index (χ4v) is 1.70. The molecule has 0 saturated carbocycles. The molecule has 6 heteroatoms. The highest BCUT2D eigenvalue weighted by Gasteiger charge is 2.14. The summed E-state index contributed by atoms with van der Waals surface area (Å²) in [6, 6.07) is 6.51. The summed E-state index contributed by atoms with van der Waals surface area (Å²) in [6.07, 6.45) is 0. The van der Waals surface area contributed by atoms with Crippen molar-refractivity contribution in [2.45, 2.75) is 0 Å². The summed E-state index contributed by atoms with van der Waals surface area (Å²) in [5.74, 6) is 0.225. The lowest BCUT2D eigenvalue weighted by atomic mass is 10.1. The summed E-state index contributed by atoms with van der Waals surface area (Å²) < 4.78 is 15.7. The average Bonchev–Trinajstić information content (AvgIpc) is 2.88. The second kappa shape index (κ2) is 4.06. The lowest BCUT2D eigenvalue weighted by Crippen LogP contribution is -2.22. The van der Waals surface area contributed by atoms with Gasteiger partial charge >= 0.3 is 0 Å². The first kappa shape index (κ1) is 10.6. The standard InChI is InChI=1S/C12H9NO5/c14-12(15)8-6-10(18-13-8)7-1-2-9-11(5-7)17-4-3-16-9/h1-2,5-6H,3-4H2,(H,14,15)/p-1. The van der Waals surface area contributed by atoms with Crippen molar-refractivity contribution in [3.05, 3.63) is 30.0 Å². The van der Waals surface area contributed by atoms with E-state index in [0.29, 0.717) is 36.0 Å². The van der Waals surface area contributed by atoms with E-state index in [1.165, 1.54) is 6.07 Å². The van der Waals surface area contributed by atoms with Gasteiger partial charge in [0.2, 0.25) is 0 Å². The molecule has 0 fully saturated rings. The number of hydrogen-bond donors (Lipinski definition) is 0. The molecule has 0 amide bonds. The van der Waals surface area contributed by atoms with Crippen LogP contribution in [0.4, 0.5) is 0 Å². The molecule has 2 heterocycles. The van der Waals surface area contributed by atoms with E-state index in [0.717, 1.165) is 0 Å². The number of carbonyl (C=O) groups is 1. The van der Waals surface area contributed by atoms with Crippen LogP contribution < -0.4 is 14.6 Å². The van der Waals surface area contributed by atoms with Gasteiger partial charge in [-0.05, 0) is 18.2 Å². The molecule has 6 nitrogen and oxygen atoms in total. The number of carboxylic acid groups (broad SMARTS) is 1. The minimum atomic E-state index is -1.37. The van der Waals surface area contributed by atoms with E-state index in [1.807, 2.05) is 0 Å². The van der Waals surface area contributed by atoms with E-state index < -0.39 is 5.97 Å². The monoisotopic (exact) mass is 246 g/mol. The van der Waals surface area contributed by atoms with Crippen LogP contribution >= 0.6 is 0 Å². The Morgan fingerprint density at radius 1 is 1.17 bits per heavy atom. The number of ether oxygens (including phenoxy) is 2. The van der Waals surface area contributed by atoms with Gasteiger partial charge < -0.3 is 23.9 Å². The van der Waals surface area contributed by atoms with Crippen LogP contribution in [0.3, 0.4) is 0 Å². The highest BCUT2D eigenvalue weighted by molar-refractivity contribution is 5.84. The van der Waals surface area contributed by atoms with Crippen molar-refractivity contribution in [3.63, 3.8) is 0 Å². The molecule has 0 atom stereocenters. The van der Waals surface area contributed by atoms with Crippen LogP contribution in [-0.2, 0) is 0 Å². The SMILES string of the molecule is O=C([O-])c1cc(-c2ccc3c(c2)OCCO3)on1. The molecule has 3 rings (SSSR count). The van der Waals surface area contributed by atoms with E-state index in [1.54, 1.807) is 18.2 Å². The Morgan fingerprint density at radius 3 is 2.67 bits per heavy atom. The molecule has 92 valence electrons. The number of aromatic carboxylic acids is 1. The molecule has 1 aromatic heterocycles. The van der Waals surface area contributed by atoms with Crippen LogP contribution in [-0.4, -0.2) is 24.3 Å². The lowest BCUT2D eigenvalue weighted by Gasteiger charge is -2.18. The van der Waals surface area contributed by atoms with Gasteiger partial charge in [-0.15, -0.1) is 0 Å². The van der Waals surface area contributed by atoms with E-state index in [4.69, 9.17) is 14.0 Å². The zero-order valence-electron chi connectivity index (χ0n) is 9.21. The van der Waals surface area contributed by atoms with Crippen LogP contribution in [0.15, 0.2) is 28.8 Å². The van der Waals surface area contributed by atoms with E-state index in [-0.39, 0.29) is 5.69 Å². The normalized spacial score (nSPS) is 13.3. The van der Waals surface area contributed by atoms with Gasteiger partial charge in [0.15, 0.2) is 17.3 Å². The molecule has 1 aliphatic rings. The third-order valence-electron chi connectivity index (χ3n) is 2.55. The topological polar surface area (TPSA) is 84.6 Å². The fourth-order valence-electron chi connectivity index (χ4n) is 1.70. The molecule has 18 heavy (non-hydrogen) atoms. The third-order valence-corrected chi connectivity index (χ3v) is 2.55.